The quantitative estimate of drug-likeness (QED) is 0.914. The highest BCUT2D eigenvalue weighted by atomic mass is 35.5. The molecule has 2 rings (SSSR count). The van der Waals surface area contributed by atoms with Crippen LogP contribution in [-0.2, 0) is 11.2 Å². The van der Waals surface area contributed by atoms with Crippen LogP contribution in [0.3, 0.4) is 0 Å². The number of anilines is 1. The minimum Gasteiger partial charge on any atom is -0.320 e. The van der Waals surface area contributed by atoms with E-state index in [0.717, 1.165) is 18.5 Å². The second kappa shape index (κ2) is 5.29. The number of rotatable bonds is 3. The van der Waals surface area contributed by atoms with E-state index in [1.54, 1.807) is 4.90 Å². The molecule has 3 nitrogen and oxygen atoms in total. The molecule has 1 aromatic carbocycles. The van der Waals surface area contributed by atoms with Crippen LogP contribution in [-0.4, -0.2) is 18.5 Å². The van der Waals surface area contributed by atoms with Crippen LogP contribution < -0.4 is 10.6 Å². The third-order valence-electron chi connectivity index (χ3n) is 3.75. The molecule has 0 bridgehead atoms. The van der Waals surface area contributed by atoms with E-state index in [1.165, 1.54) is 5.56 Å². The van der Waals surface area contributed by atoms with Crippen molar-refractivity contribution in [2.24, 2.45) is 11.7 Å². The monoisotopic (exact) mass is 266 g/mol. The summed E-state index contributed by atoms with van der Waals surface area (Å²) in [7, 11) is 0. The Morgan fingerprint density at radius 3 is 2.94 bits per heavy atom. The molecule has 0 aromatic heterocycles. The largest absolute Gasteiger partial charge is 0.320 e. The number of nitrogens with zero attached hydrogens (tertiary/aromatic N) is 1. The normalized spacial score (nSPS) is 17.4. The molecule has 98 valence electrons. The fourth-order valence-electron chi connectivity index (χ4n) is 2.26. The van der Waals surface area contributed by atoms with Crippen LogP contribution in [0.25, 0.3) is 0 Å². The van der Waals surface area contributed by atoms with E-state index in [1.807, 2.05) is 32.0 Å². The van der Waals surface area contributed by atoms with E-state index in [9.17, 15) is 4.79 Å². The number of hydrogen-bond donors (Lipinski definition) is 1. The molecule has 1 heterocycles. The average Bonchev–Trinajstić information content (AvgIpc) is 2.78. The van der Waals surface area contributed by atoms with Gasteiger partial charge in [-0.2, -0.15) is 0 Å². The van der Waals surface area contributed by atoms with Crippen molar-refractivity contribution in [3.05, 3.63) is 28.8 Å². The van der Waals surface area contributed by atoms with Crippen molar-refractivity contribution in [2.45, 2.75) is 32.7 Å². The van der Waals surface area contributed by atoms with Gasteiger partial charge in [-0.3, -0.25) is 4.79 Å². The summed E-state index contributed by atoms with van der Waals surface area (Å²) in [5, 5.41) is 0.658. The molecule has 1 amide bonds. The highest BCUT2D eigenvalue weighted by molar-refractivity contribution is 6.31. The SMILES string of the molecule is CCC(C)C(N)C(=O)N1CCc2ccc(Cl)cc21. The summed E-state index contributed by atoms with van der Waals surface area (Å²) in [5.41, 5.74) is 8.11. The molecule has 0 aliphatic carbocycles. The Hall–Kier alpha value is -1.06. The molecule has 0 saturated heterocycles. The van der Waals surface area contributed by atoms with Crippen molar-refractivity contribution in [3.8, 4) is 0 Å². The van der Waals surface area contributed by atoms with Crippen LogP contribution in [0.1, 0.15) is 25.8 Å². The first-order valence-corrected chi connectivity index (χ1v) is 6.77. The molecule has 1 aliphatic rings. The van der Waals surface area contributed by atoms with Crippen LogP contribution in [0.4, 0.5) is 5.69 Å². The number of hydrogen-bond acceptors (Lipinski definition) is 2. The molecule has 2 N–H and O–H groups in total. The van der Waals surface area contributed by atoms with Gasteiger partial charge in [0.15, 0.2) is 0 Å². The van der Waals surface area contributed by atoms with Gasteiger partial charge in [0.05, 0.1) is 6.04 Å². The molecular formula is C14H19ClN2O. The van der Waals surface area contributed by atoms with Crippen LogP contribution in [0.5, 0.6) is 0 Å². The summed E-state index contributed by atoms with van der Waals surface area (Å²) in [6.07, 6.45) is 1.79. The Morgan fingerprint density at radius 1 is 1.56 bits per heavy atom. The van der Waals surface area contributed by atoms with E-state index in [2.05, 4.69) is 0 Å². The van der Waals surface area contributed by atoms with E-state index in [0.29, 0.717) is 11.6 Å². The van der Waals surface area contributed by atoms with Crippen molar-refractivity contribution in [1.29, 1.82) is 0 Å². The zero-order valence-electron chi connectivity index (χ0n) is 10.8. The summed E-state index contributed by atoms with van der Waals surface area (Å²) < 4.78 is 0. The number of benzene rings is 1. The van der Waals surface area contributed by atoms with Gasteiger partial charge < -0.3 is 10.6 Å². The highest BCUT2D eigenvalue weighted by Crippen LogP contribution is 2.31. The molecule has 4 heteroatoms. The molecule has 0 spiro atoms. The highest BCUT2D eigenvalue weighted by Gasteiger charge is 2.30. The van der Waals surface area contributed by atoms with Gasteiger partial charge in [-0.15, -0.1) is 0 Å². The molecular weight excluding hydrogens is 248 g/mol. The first-order chi connectivity index (χ1) is 8.54. The summed E-state index contributed by atoms with van der Waals surface area (Å²) in [4.78, 5) is 14.2. The number of fused-ring (bicyclic) bond motifs is 1. The van der Waals surface area contributed by atoms with E-state index in [-0.39, 0.29) is 11.8 Å². The van der Waals surface area contributed by atoms with Gasteiger partial charge >= 0.3 is 0 Å². The van der Waals surface area contributed by atoms with Gasteiger partial charge in [-0.1, -0.05) is 37.9 Å². The molecule has 18 heavy (non-hydrogen) atoms. The summed E-state index contributed by atoms with van der Waals surface area (Å²) in [6.45, 7) is 4.77. The standard InChI is InChI=1S/C14H19ClN2O/c1-3-9(2)13(16)14(18)17-7-6-10-4-5-11(15)8-12(10)17/h4-5,8-9,13H,3,6-7,16H2,1-2H3. The number of halogens is 1. The summed E-state index contributed by atoms with van der Waals surface area (Å²) in [6, 6.07) is 5.27. The second-order valence-corrected chi connectivity index (χ2v) is 5.36. The first-order valence-electron chi connectivity index (χ1n) is 6.40. The second-order valence-electron chi connectivity index (χ2n) is 4.92. The molecule has 0 saturated carbocycles. The smallest absolute Gasteiger partial charge is 0.244 e. The van der Waals surface area contributed by atoms with Crippen LogP contribution in [0, 0.1) is 5.92 Å². The van der Waals surface area contributed by atoms with Crippen LogP contribution in [0.2, 0.25) is 5.02 Å². The van der Waals surface area contributed by atoms with Gasteiger partial charge in [0.2, 0.25) is 5.91 Å². The number of carbonyl (C=O) groups excluding carboxylic acids is 1. The Bertz CT molecular complexity index is 461. The number of amides is 1. The molecule has 2 unspecified atom stereocenters. The summed E-state index contributed by atoms with van der Waals surface area (Å²) in [5.74, 6) is 0.200. The van der Waals surface area contributed by atoms with Crippen molar-refractivity contribution in [1.82, 2.24) is 0 Å². The predicted octanol–water partition coefficient (Wildman–Crippen LogP) is 2.60. The van der Waals surface area contributed by atoms with Gasteiger partial charge in [-0.05, 0) is 30.0 Å². The Labute approximate surface area is 113 Å². The van der Waals surface area contributed by atoms with E-state index in [4.69, 9.17) is 17.3 Å². The van der Waals surface area contributed by atoms with E-state index < -0.39 is 6.04 Å². The first kappa shape index (κ1) is 13.4. The van der Waals surface area contributed by atoms with Gasteiger partial charge in [0.25, 0.3) is 0 Å². The Morgan fingerprint density at radius 2 is 2.28 bits per heavy atom. The third kappa shape index (κ3) is 2.38. The molecule has 0 radical (unpaired) electrons. The maximum atomic E-state index is 12.4. The zero-order chi connectivity index (χ0) is 13.3. The van der Waals surface area contributed by atoms with Gasteiger partial charge in [0.1, 0.15) is 0 Å². The molecule has 2 atom stereocenters. The number of carbonyl (C=O) groups is 1. The lowest BCUT2D eigenvalue weighted by Crippen LogP contribution is -2.46. The fourth-order valence-corrected chi connectivity index (χ4v) is 2.42. The molecule has 1 aliphatic heterocycles. The Balaban J connectivity index is 2.23. The zero-order valence-corrected chi connectivity index (χ0v) is 11.6. The van der Waals surface area contributed by atoms with Crippen molar-refractivity contribution < 1.29 is 4.79 Å². The maximum absolute atomic E-state index is 12.4. The molecule has 0 fully saturated rings. The van der Waals surface area contributed by atoms with Crippen molar-refractivity contribution in [2.75, 3.05) is 11.4 Å². The maximum Gasteiger partial charge on any atom is 0.244 e. The number of nitrogens with two attached hydrogens (primary N) is 1. The Kier molecular flexibility index (Phi) is 3.93. The van der Waals surface area contributed by atoms with Crippen molar-refractivity contribution in [3.63, 3.8) is 0 Å². The van der Waals surface area contributed by atoms with Crippen LogP contribution >= 0.6 is 11.6 Å². The average molecular weight is 267 g/mol. The van der Waals surface area contributed by atoms with Gasteiger partial charge in [-0.25, -0.2) is 0 Å². The van der Waals surface area contributed by atoms with Crippen LogP contribution in [0.15, 0.2) is 18.2 Å². The predicted molar refractivity (Wildman–Crippen MR) is 74.9 cm³/mol. The lowest BCUT2D eigenvalue weighted by Gasteiger charge is -2.24. The summed E-state index contributed by atoms with van der Waals surface area (Å²) >= 11 is 5.99. The third-order valence-corrected chi connectivity index (χ3v) is 3.99. The minimum absolute atomic E-state index is 0.00497. The topological polar surface area (TPSA) is 46.3 Å². The minimum atomic E-state index is -0.431. The van der Waals surface area contributed by atoms with Gasteiger partial charge in [0, 0.05) is 17.3 Å². The van der Waals surface area contributed by atoms with Crippen molar-refractivity contribution >= 4 is 23.2 Å². The molecule has 1 aromatic rings. The lowest BCUT2D eigenvalue weighted by molar-refractivity contribution is -0.120. The van der Waals surface area contributed by atoms with E-state index >= 15 is 0 Å². The lowest BCUT2D eigenvalue weighted by atomic mass is 9.99. The fraction of sp³-hybridized carbons (Fsp3) is 0.500.